The molecule has 1 N–H and O–H groups in total. The minimum Gasteiger partial charge on any atom is -0.370 e. The number of nitrogens with one attached hydrogen (secondary N) is 1. The first kappa shape index (κ1) is 20.2. The van der Waals surface area contributed by atoms with Gasteiger partial charge in [0, 0.05) is 18.7 Å². The maximum absolute atomic E-state index is 13.2. The van der Waals surface area contributed by atoms with Crippen LogP contribution in [0.1, 0.15) is 55.1 Å². The number of carbonyl (C=O) groups excluding carboxylic acids is 1. The van der Waals surface area contributed by atoms with Crippen molar-refractivity contribution in [2.45, 2.75) is 45.2 Å². The van der Waals surface area contributed by atoms with Crippen molar-refractivity contribution < 1.29 is 18.0 Å². The molecule has 0 saturated carbocycles. The van der Waals surface area contributed by atoms with Gasteiger partial charge >= 0.3 is 6.18 Å². The van der Waals surface area contributed by atoms with E-state index in [9.17, 15) is 18.0 Å². The van der Waals surface area contributed by atoms with E-state index < -0.39 is 17.6 Å². The Bertz CT molecular complexity index is 846. The van der Waals surface area contributed by atoms with Crippen LogP contribution >= 0.6 is 0 Å². The van der Waals surface area contributed by atoms with E-state index in [2.05, 4.69) is 26.1 Å². The van der Waals surface area contributed by atoms with Gasteiger partial charge in [-0.25, -0.2) is 0 Å². The molecular formula is C22H25F3N2O. The van der Waals surface area contributed by atoms with E-state index in [0.717, 1.165) is 43.6 Å². The Labute approximate surface area is 163 Å². The zero-order valence-corrected chi connectivity index (χ0v) is 16.4. The molecule has 2 aromatic carbocycles. The molecule has 0 aliphatic carbocycles. The zero-order valence-electron chi connectivity index (χ0n) is 16.4. The van der Waals surface area contributed by atoms with Gasteiger partial charge in [0.1, 0.15) is 0 Å². The maximum Gasteiger partial charge on any atom is 0.416 e. The Morgan fingerprint density at radius 3 is 2.04 bits per heavy atom. The summed E-state index contributed by atoms with van der Waals surface area (Å²) in [7, 11) is 0. The Balaban J connectivity index is 1.89. The number of carbonyl (C=O) groups is 1. The molecule has 0 bridgehead atoms. The fraction of sp³-hybridized carbons (Fsp3) is 0.409. The lowest BCUT2D eigenvalue weighted by Crippen LogP contribution is -2.22. The largest absolute Gasteiger partial charge is 0.416 e. The van der Waals surface area contributed by atoms with Gasteiger partial charge < -0.3 is 10.2 Å². The van der Waals surface area contributed by atoms with Crippen molar-refractivity contribution in [2.24, 2.45) is 0 Å². The van der Waals surface area contributed by atoms with Crippen molar-refractivity contribution in [2.75, 3.05) is 23.3 Å². The molecule has 0 spiro atoms. The van der Waals surface area contributed by atoms with Gasteiger partial charge in [0.15, 0.2) is 0 Å². The van der Waals surface area contributed by atoms with Crippen LogP contribution in [0.15, 0.2) is 42.5 Å². The number of alkyl halides is 3. The first-order valence-corrected chi connectivity index (χ1v) is 9.44. The average Bonchev–Trinajstić information content (AvgIpc) is 3.14. The summed E-state index contributed by atoms with van der Waals surface area (Å²) < 4.78 is 39.5. The highest BCUT2D eigenvalue weighted by molar-refractivity contribution is 6.06. The first-order chi connectivity index (χ1) is 13.1. The molecular weight excluding hydrogens is 365 g/mol. The molecule has 1 aliphatic heterocycles. The van der Waals surface area contributed by atoms with E-state index in [-0.39, 0.29) is 11.1 Å². The minimum absolute atomic E-state index is 0.0427. The lowest BCUT2D eigenvalue weighted by Gasteiger charge is -2.23. The smallest absolute Gasteiger partial charge is 0.370 e. The second-order valence-corrected chi connectivity index (χ2v) is 8.21. The number of hydrogen-bond donors (Lipinski definition) is 1. The molecule has 2 aromatic rings. The molecule has 28 heavy (non-hydrogen) atoms. The molecule has 1 amide bonds. The van der Waals surface area contributed by atoms with Crippen LogP contribution in [-0.4, -0.2) is 19.0 Å². The van der Waals surface area contributed by atoms with Crippen molar-refractivity contribution in [3.63, 3.8) is 0 Å². The lowest BCUT2D eigenvalue weighted by molar-refractivity contribution is -0.137. The van der Waals surface area contributed by atoms with Crippen LogP contribution in [0.3, 0.4) is 0 Å². The molecule has 0 atom stereocenters. The summed E-state index contributed by atoms with van der Waals surface area (Å²) in [6.07, 6.45) is -2.48. The summed E-state index contributed by atoms with van der Waals surface area (Å²) in [5.74, 6) is -0.416. The van der Waals surface area contributed by atoms with E-state index in [1.165, 1.54) is 6.07 Å². The summed E-state index contributed by atoms with van der Waals surface area (Å²) in [5.41, 5.74) is 1.51. The molecule has 1 saturated heterocycles. The third-order valence-electron chi connectivity index (χ3n) is 5.03. The summed E-state index contributed by atoms with van der Waals surface area (Å²) in [6, 6.07) is 10.7. The quantitative estimate of drug-likeness (QED) is 0.712. The van der Waals surface area contributed by atoms with Crippen molar-refractivity contribution >= 4 is 17.3 Å². The Hall–Kier alpha value is -2.50. The van der Waals surface area contributed by atoms with Crippen molar-refractivity contribution in [3.8, 4) is 0 Å². The molecule has 3 rings (SSSR count). The number of nitrogens with zero attached hydrogens (tertiary/aromatic N) is 1. The highest BCUT2D eigenvalue weighted by Gasteiger charge is 2.32. The monoisotopic (exact) mass is 390 g/mol. The maximum atomic E-state index is 13.2. The van der Waals surface area contributed by atoms with Crippen molar-refractivity contribution in [3.05, 3.63) is 59.2 Å². The van der Waals surface area contributed by atoms with Crippen LogP contribution in [-0.2, 0) is 11.6 Å². The molecule has 1 aliphatic rings. The molecule has 0 radical (unpaired) electrons. The summed E-state index contributed by atoms with van der Waals surface area (Å²) in [4.78, 5) is 14.7. The van der Waals surface area contributed by atoms with Crippen molar-refractivity contribution in [1.82, 2.24) is 0 Å². The number of rotatable bonds is 3. The fourth-order valence-electron chi connectivity index (χ4n) is 3.36. The second-order valence-electron chi connectivity index (χ2n) is 8.21. The van der Waals surface area contributed by atoms with Crippen LogP contribution in [0.2, 0.25) is 0 Å². The normalized spacial score (nSPS) is 15.0. The van der Waals surface area contributed by atoms with Gasteiger partial charge in [-0.3, -0.25) is 4.79 Å². The molecule has 150 valence electrons. The minimum atomic E-state index is -4.46. The van der Waals surface area contributed by atoms with E-state index >= 15 is 0 Å². The number of halogens is 3. The lowest BCUT2D eigenvalue weighted by atomic mass is 9.87. The third kappa shape index (κ3) is 4.49. The Kier molecular flexibility index (Phi) is 5.41. The summed E-state index contributed by atoms with van der Waals surface area (Å²) in [6.45, 7) is 7.77. The van der Waals surface area contributed by atoms with Gasteiger partial charge in [-0.15, -0.1) is 0 Å². The molecule has 3 nitrogen and oxygen atoms in total. The summed E-state index contributed by atoms with van der Waals surface area (Å²) in [5, 5.41) is 2.69. The molecule has 1 fully saturated rings. The number of anilines is 2. The van der Waals surface area contributed by atoms with Crippen LogP contribution < -0.4 is 10.2 Å². The summed E-state index contributed by atoms with van der Waals surface area (Å²) >= 11 is 0. The highest BCUT2D eigenvalue weighted by atomic mass is 19.4. The Morgan fingerprint density at radius 2 is 1.50 bits per heavy atom. The predicted molar refractivity (Wildman–Crippen MR) is 106 cm³/mol. The molecule has 0 unspecified atom stereocenters. The van der Waals surface area contributed by atoms with E-state index in [4.69, 9.17) is 0 Å². The standard InChI is InChI=1S/C22H25F3N2O/c1-21(2,3)16-8-6-15(7-9-16)20(28)26-18-14-17(22(23,24)25)10-11-19(18)27-12-4-5-13-27/h6-11,14H,4-5,12-13H2,1-3H3,(H,26,28). The van der Waals surface area contributed by atoms with Crippen LogP contribution in [0.4, 0.5) is 24.5 Å². The first-order valence-electron chi connectivity index (χ1n) is 9.44. The van der Waals surface area contributed by atoms with Crippen LogP contribution in [0, 0.1) is 0 Å². The second kappa shape index (κ2) is 7.49. The van der Waals surface area contributed by atoms with E-state index in [1.807, 2.05) is 17.0 Å². The van der Waals surface area contributed by atoms with Gasteiger partial charge in [0.25, 0.3) is 5.91 Å². The fourth-order valence-corrected chi connectivity index (χ4v) is 3.36. The zero-order chi connectivity index (χ0) is 20.5. The number of amides is 1. The third-order valence-corrected chi connectivity index (χ3v) is 5.03. The number of hydrogen-bond acceptors (Lipinski definition) is 2. The predicted octanol–water partition coefficient (Wildman–Crippen LogP) is 5.86. The van der Waals surface area contributed by atoms with Gasteiger partial charge in [0.05, 0.1) is 16.9 Å². The highest BCUT2D eigenvalue weighted by Crippen LogP contribution is 2.36. The molecule has 1 heterocycles. The van der Waals surface area contributed by atoms with Crippen molar-refractivity contribution in [1.29, 1.82) is 0 Å². The van der Waals surface area contributed by atoms with Gasteiger partial charge in [-0.2, -0.15) is 13.2 Å². The van der Waals surface area contributed by atoms with Gasteiger partial charge in [-0.1, -0.05) is 32.9 Å². The van der Waals surface area contributed by atoms with E-state index in [1.54, 1.807) is 12.1 Å². The van der Waals surface area contributed by atoms with E-state index in [0.29, 0.717) is 11.3 Å². The molecule has 6 heteroatoms. The Morgan fingerprint density at radius 1 is 0.929 bits per heavy atom. The van der Waals surface area contributed by atoms with Crippen LogP contribution in [0.5, 0.6) is 0 Å². The average molecular weight is 390 g/mol. The van der Waals surface area contributed by atoms with Gasteiger partial charge in [-0.05, 0) is 54.2 Å². The SMILES string of the molecule is CC(C)(C)c1ccc(C(=O)Nc2cc(C(F)(F)F)ccc2N2CCCC2)cc1. The molecule has 0 aromatic heterocycles. The van der Waals surface area contributed by atoms with Crippen LogP contribution in [0.25, 0.3) is 0 Å². The topological polar surface area (TPSA) is 32.3 Å². The van der Waals surface area contributed by atoms with Gasteiger partial charge in [0.2, 0.25) is 0 Å². The number of benzene rings is 2.